The predicted molar refractivity (Wildman–Crippen MR) is 63.8 cm³/mol. The summed E-state index contributed by atoms with van der Waals surface area (Å²) in [5.41, 5.74) is 7.19. The van der Waals surface area contributed by atoms with Crippen molar-refractivity contribution >= 4 is 0 Å². The Morgan fingerprint density at radius 1 is 1.38 bits per heavy atom. The number of nitrogens with one attached hydrogen (secondary N) is 1. The monoisotopic (exact) mass is 224 g/mol. The number of aliphatic hydroxyl groups is 2. The molecule has 0 saturated carbocycles. The van der Waals surface area contributed by atoms with E-state index in [1.165, 1.54) is 0 Å². The van der Waals surface area contributed by atoms with Gasteiger partial charge in [-0.1, -0.05) is 24.3 Å². The fraction of sp³-hybridized carbons (Fsp3) is 0.500. The Morgan fingerprint density at radius 3 is 2.75 bits per heavy atom. The number of benzene rings is 1. The Bertz CT molecular complexity index is 318. The Balaban J connectivity index is 2.67. The molecule has 90 valence electrons. The van der Waals surface area contributed by atoms with Crippen LogP contribution in [0, 0.1) is 0 Å². The second-order valence-electron chi connectivity index (χ2n) is 3.85. The molecule has 4 nitrogen and oxygen atoms in total. The van der Waals surface area contributed by atoms with Crippen molar-refractivity contribution in [1.82, 2.24) is 5.32 Å². The van der Waals surface area contributed by atoms with Crippen LogP contribution in [-0.4, -0.2) is 29.9 Å². The first-order valence-corrected chi connectivity index (χ1v) is 5.48. The van der Waals surface area contributed by atoms with Gasteiger partial charge in [0.1, 0.15) is 6.10 Å². The second kappa shape index (κ2) is 6.60. The molecule has 0 amide bonds. The summed E-state index contributed by atoms with van der Waals surface area (Å²) in [7, 11) is 1.81. The quantitative estimate of drug-likeness (QED) is 0.554. The lowest BCUT2D eigenvalue weighted by Gasteiger charge is -2.18. The fourth-order valence-corrected chi connectivity index (χ4v) is 1.58. The van der Waals surface area contributed by atoms with Crippen LogP contribution in [0.25, 0.3) is 0 Å². The van der Waals surface area contributed by atoms with Gasteiger partial charge in [-0.15, -0.1) is 0 Å². The number of nitrogens with two attached hydrogens (primary N) is 1. The zero-order valence-corrected chi connectivity index (χ0v) is 9.56. The molecule has 2 unspecified atom stereocenters. The minimum atomic E-state index is -0.847. The van der Waals surface area contributed by atoms with E-state index >= 15 is 0 Å². The average Bonchev–Trinajstić information content (AvgIpc) is 2.35. The van der Waals surface area contributed by atoms with E-state index in [0.717, 1.165) is 5.56 Å². The van der Waals surface area contributed by atoms with Gasteiger partial charge in [-0.2, -0.15) is 0 Å². The van der Waals surface area contributed by atoms with Crippen LogP contribution < -0.4 is 11.1 Å². The molecular weight excluding hydrogens is 204 g/mol. The Kier molecular flexibility index (Phi) is 5.42. The van der Waals surface area contributed by atoms with Gasteiger partial charge in [0.25, 0.3) is 0 Å². The lowest BCUT2D eigenvalue weighted by molar-refractivity contribution is 0.0140. The van der Waals surface area contributed by atoms with Gasteiger partial charge in [0, 0.05) is 6.54 Å². The molecule has 0 fully saturated rings. The summed E-state index contributed by atoms with van der Waals surface area (Å²) >= 11 is 0. The molecule has 0 heterocycles. The van der Waals surface area contributed by atoms with E-state index < -0.39 is 12.2 Å². The maximum absolute atomic E-state index is 9.92. The lowest BCUT2D eigenvalue weighted by Crippen LogP contribution is -2.23. The Hall–Kier alpha value is -0.940. The largest absolute Gasteiger partial charge is 0.390 e. The minimum Gasteiger partial charge on any atom is -0.390 e. The highest BCUT2D eigenvalue weighted by molar-refractivity contribution is 5.25. The van der Waals surface area contributed by atoms with Crippen LogP contribution >= 0.6 is 0 Å². The molecule has 16 heavy (non-hydrogen) atoms. The van der Waals surface area contributed by atoms with E-state index in [1.807, 2.05) is 25.2 Å². The van der Waals surface area contributed by atoms with Crippen molar-refractivity contribution in [3.63, 3.8) is 0 Å². The predicted octanol–water partition coefficient (Wildman–Crippen LogP) is 0.149. The standard InChI is InChI=1S/C12H20N2O2/c1-14-6-5-11(15)12(16)10-4-2-3-9(7-10)8-13/h2-4,7,11-12,14-16H,5-6,8,13H2,1H3. The summed E-state index contributed by atoms with van der Waals surface area (Å²) in [5, 5.41) is 22.6. The van der Waals surface area contributed by atoms with Gasteiger partial charge in [0.05, 0.1) is 6.10 Å². The third-order valence-corrected chi connectivity index (χ3v) is 2.58. The number of aliphatic hydroxyl groups excluding tert-OH is 2. The highest BCUT2D eigenvalue weighted by Crippen LogP contribution is 2.19. The van der Waals surface area contributed by atoms with Crippen LogP contribution in [0.4, 0.5) is 0 Å². The summed E-state index contributed by atoms with van der Waals surface area (Å²) in [6.45, 7) is 1.11. The van der Waals surface area contributed by atoms with Crippen LogP contribution in [-0.2, 0) is 6.54 Å². The molecule has 4 heteroatoms. The molecule has 2 atom stereocenters. The normalized spacial score (nSPS) is 14.8. The van der Waals surface area contributed by atoms with E-state index in [4.69, 9.17) is 5.73 Å². The lowest BCUT2D eigenvalue weighted by atomic mass is 10.00. The van der Waals surface area contributed by atoms with E-state index in [0.29, 0.717) is 25.1 Å². The first-order valence-electron chi connectivity index (χ1n) is 5.48. The zero-order chi connectivity index (χ0) is 12.0. The second-order valence-corrected chi connectivity index (χ2v) is 3.85. The van der Waals surface area contributed by atoms with E-state index in [1.54, 1.807) is 6.07 Å². The SMILES string of the molecule is CNCCC(O)C(O)c1cccc(CN)c1. The molecule has 0 aliphatic heterocycles. The number of hydrogen-bond acceptors (Lipinski definition) is 4. The molecule has 1 aromatic carbocycles. The van der Waals surface area contributed by atoms with Crippen molar-refractivity contribution in [3.05, 3.63) is 35.4 Å². The fourth-order valence-electron chi connectivity index (χ4n) is 1.58. The molecule has 0 bridgehead atoms. The average molecular weight is 224 g/mol. The number of rotatable bonds is 6. The van der Waals surface area contributed by atoms with Crippen LogP contribution in [0.15, 0.2) is 24.3 Å². The van der Waals surface area contributed by atoms with Gasteiger partial charge in [-0.05, 0) is 31.1 Å². The topological polar surface area (TPSA) is 78.5 Å². The van der Waals surface area contributed by atoms with Gasteiger partial charge in [0.15, 0.2) is 0 Å². The third-order valence-electron chi connectivity index (χ3n) is 2.58. The van der Waals surface area contributed by atoms with Crippen LogP contribution in [0.3, 0.4) is 0 Å². The summed E-state index contributed by atoms with van der Waals surface area (Å²) in [6, 6.07) is 7.36. The van der Waals surface area contributed by atoms with Crippen molar-refractivity contribution in [1.29, 1.82) is 0 Å². The minimum absolute atomic E-state index is 0.438. The van der Waals surface area contributed by atoms with Gasteiger partial charge < -0.3 is 21.3 Å². The van der Waals surface area contributed by atoms with Crippen LogP contribution in [0.2, 0.25) is 0 Å². The molecule has 0 aliphatic rings. The van der Waals surface area contributed by atoms with Crippen LogP contribution in [0.1, 0.15) is 23.7 Å². The van der Waals surface area contributed by atoms with Crippen molar-refractivity contribution in [2.45, 2.75) is 25.2 Å². The van der Waals surface area contributed by atoms with E-state index in [2.05, 4.69) is 5.32 Å². The highest BCUT2D eigenvalue weighted by atomic mass is 16.3. The molecule has 1 aromatic rings. The van der Waals surface area contributed by atoms with Gasteiger partial charge >= 0.3 is 0 Å². The summed E-state index contributed by atoms with van der Waals surface area (Å²) in [6.07, 6.45) is -1.08. The highest BCUT2D eigenvalue weighted by Gasteiger charge is 2.17. The van der Waals surface area contributed by atoms with Crippen LogP contribution in [0.5, 0.6) is 0 Å². The molecule has 0 saturated heterocycles. The molecule has 5 N–H and O–H groups in total. The molecule has 0 spiro atoms. The molecular formula is C12H20N2O2. The molecule has 0 radical (unpaired) electrons. The summed E-state index contributed by atoms with van der Waals surface area (Å²) in [4.78, 5) is 0. The Morgan fingerprint density at radius 2 is 2.12 bits per heavy atom. The van der Waals surface area contributed by atoms with Crippen molar-refractivity contribution in [2.24, 2.45) is 5.73 Å². The maximum Gasteiger partial charge on any atom is 0.105 e. The third kappa shape index (κ3) is 3.57. The van der Waals surface area contributed by atoms with E-state index in [-0.39, 0.29) is 0 Å². The summed E-state index contributed by atoms with van der Waals surface area (Å²) < 4.78 is 0. The first kappa shape index (κ1) is 13.1. The molecule has 0 aliphatic carbocycles. The number of hydrogen-bond donors (Lipinski definition) is 4. The van der Waals surface area contributed by atoms with Gasteiger partial charge in [-0.25, -0.2) is 0 Å². The van der Waals surface area contributed by atoms with E-state index in [9.17, 15) is 10.2 Å². The first-order chi connectivity index (χ1) is 7.69. The maximum atomic E-state index is 9.92. The zero-order valence-electron chi connectivity index (χ0n) is 9.56. The Labute approximate surface area is 96.1 Å². The van der Waals surface area contributed by atoms with Crippen molar-refractivity contribution in [3.8, 4) is 0 Å². The van der Waals surface area contributed by atoms with Crippen molar-refractivity contribution in [2.75, 3.05) is 13.6 Å². The smallest absolute Gasteiger partial charge is 0.105 e. The van der Waals surface area contributed by atoms with Crippen molar-refractivity contribution < 1.29 is 10.2 Å². The molecule has 0 aromatic heterocycles. The van der Waals surface area contributed by atoms with Gasteiger partial charge in [-0.3, -0.25) is 0 Å². The molecule has 1 rings (SSSR count). The van der Waals surface area contributed by atoms with Gasteiger partial charge in [0.2, 0.25) is 0 Å². The summed E-state index contributed by atoms with van der Waals surface area (Å²) in [5.74, 6) is 0.